The highest BCUT2D eigenvalue weighted by Gasteiger charge is 2.13. The van der Waals surface area contributed by atoms with Crippen LogP contribution in [-0.4, -0.2) is 25.9 Å². The molecule has 0 unspecified atom stereocenters. The minimum absolute atomic E-state index is 0.00985. The van der Waals surface area contributed by atoms with Crippen LogP contribution in [0.25, 0.3) is 0 Å². The summed E-state index contributed by atoms with van der Waals surface area (Å²) >= 11 is 0. The maximum absolute atomic E-state index is 12.0. The Morgan fingerprint density at radius 1 is 1.08 bits per heavy atom. The van der Waals surface area contributed by atoms with Gasteiger partial charge in [-0.15, -0.1) is 0 Å². The van der Waals surface area contributed by atoms with E-state index >= 15 is 0 Å². The van der Waals surface area contributed by atoms with Crippen LogP contribution in [0.4, 0.5) is 0 Å². The van der Waals surface area contributed by atoms with Crippen molar-refractivity contribution in [2.75, 3.05) is 20.0 Å². The maximum atomic E-state index is 12.0. The molecule has 6 heteroatoms. The van der Waals surface area contributed by atoms with Crippen LogP contribution in [0.5, 0.6) is 23.0 Å². The summed E-state index contributed by atoms with van der Waals surface area (Å²) in [6, 6.07) is 13.2. The minimum atomic E-state index is -0.00985. The molecule has 0 fully saturated rings. The topological polar surface area (TPSA) is 66.0 Å². The second-order valence-corrected chi connectivity index (χ2v) is 5.80. The zero-order chi connectivity index (χ0) is 18.2. The number of ether oxygens (including phenoxy) is 4. The summed E-state index contributed by atoms with van der Waals surface area (Å²) in [5.41, 5.74) is 0.976. The lowest BCUT2D eigenvalue weighted by Gasteiger charge is -2.11. The predicted molar refractivity (Wildman–Crippen MR) is 96.8 cm³/mol. The van der Waals surface area contributed by atoms with Crippen LogP contribution in [0.1, 0.15) is 25.3 Å². The van der Waals surface area contributed by atoms with E-state index in [0.717, 1.165) is 22.8 Å². The number of nitrogens with one attached hydrogen (secondary N) is 1. The summed E-state index contributed by atoms with van der Waals surface area (Å²) in [5.74, 6) is 2.88. The number of hydrogen-bond donors (Lipinski definition) is 1. The first-order valence-corrected chi connectivity index (χ1v) is 8.76. The summed E-state index contributed by atoms with van der Waals surface area (Å²) in [4.78, 5) is 12.0. The van der Waals surface area contributed by atoms with E-state index in [-0.39, 0.29) is 12.7 Å². The zero-order valence-electron chi connectivity index (χ0n) is 14.8. The molecular weight excluding hydrogens is 334 g/mol. The third-order valence-corrected chi connectivity index (χ3v) is 3.88. The van der Waals surface area contributed by atoms with Crippen molar-refractivity contribution in [3.05, 3.63) is 48.0 Å². The molecule has 0 saturated heterocycles. The van der Waals surface area contributed by atoms with Crippen molar-refractivity contribution in [2.45, 2.75) is 26.3 Å². The highest BCUT2D eigenvalue weighted by Crippen LogP contribution is 2.32. The van der Waals surface area contributed by atoms with Crippen LogP contribution in [0.2, 0.25) is 0 Å². The fourth-order valence-electron chi connectivity index (χ4n) is 2.60. The summed E-state index contributed by atoms with van der Waals surface area (Å²) in [6.07, 6.45) is 1.04. The molecule has 3 rings (SSSR count). The normalized spacial score (nSPS) is 11.9. The Morgan fingerprint density at radius 2 is 1.85 bits per heavy atom. The van der Waals surface area contributed by atoms with Crippen LogP contribution in [0, 0.1) is 0 Å². The Balaban J connectivity index is 1.37. The SMILES string of the molecule is CCOc1ccccc1OCCCC(=O)NCc1ccc2c(c1)OCO2. The van der Waals surface area contributed by atoms with Crippen LogP contribution in [-0.2, 0) is 11.3 Å². The van der Waals surface area contributed by atoms with Crippen LogP contribution < -0.4 is 24.3 Å². The van der Waals surface area contributed by atoms with Gasteiger partial charge in [0.25, 0.3) is 0 Å². The number of benzene rings is 2. The molecule has 0 bridgehead atoms. The summed E-state index contributed by atoms with van der Waals surface area (Å²) in [5, 5.41) is 2.90. The van der Waals surface area contributed by atoms with Gasteiger partial charge in [-0.2, -0.15) is 0 Å². The van der Waals surface area contributed by atoms with Gasteiger partial charge in [-0.3, -0.25) is 4.79 Å². The number of amides is 1. The molecule has 2 aromatic carbocycles. The first-order chi connectivity index (χ1) is 12.8. The smallest absolute Gasteiger partial charge is 0.231 e. The van der Waals surface area contributed by atoms with Gasteiger partial charge >= 0.3 is 0 Å². The van der Waals surface area contributed by atoms with Gasteiger partial charge in [0.05, 0.1) is 13.2 Å². The molecule has 1 N–H and O–H groups in total. The average Bonchev–Trinajstić information content (AvgIpc) is 3.13. The molecule has 1 aliphatic heterocycles. The quantitative estimate of drug-likeness (QED) is 0.698. The molecule has 1 aliphatic rings. The first kappa shape index (κ1) is 17.9. The third kappa shape index (κ3) is 4.81. The molecule has 0 atom stereocenters. The lowest BCUT2D eigenvalue weighted by atomic mass is 10.2. The number of rotatable bonds is 9. The molecule has 0 spiro atoms. The van der Waals surface area contributed by atoms with Crippen molar-refractivity contribution in [3.63, 3.8) is 0 Å². The van der Waals surface area contributed by atoms with Crippen molar-refractivity contribution in [1.82, 2.24) is 5.32 Å². The fourth-order valence-corrected chi connectivity index (χ4v) is 2.60. The van der Waals surface area contributed by atoms with Crippen molar-refractivity contribution < 1.29 is 23.7 Å². The molecule has 138 valence electrons. The van der Waals surface area contributed by atoms with E-state index in [2.05, 4.69) is 5.32 Å². The molecule has 0 saturated carbocycles. The summed E-state index contributed by atoms with van der Waals surface area (Å²) in [6.45, 7) is 3.69. The van der Waals surface area contributed by atoms with Crippen LogP contribution in [0.15, 0.2) is 42.5 Å². The number of fused-ring (bicyclic) bond motifs is 1. The Kier molecular flexibility index (Phi) is 6.19. The van der Waals surface area contributed by atoms with E-state index in [4.69, 9.17) is 18.9 Å². The van der Waals surface area contributed by atoms with Gasteiger partial charge in [0.1, 0.15) is 0 Å². The standard InChI is InChI=1S/C20H23NO5/c1-2-23-16-6-3-4-7-17(16)24-11-5-8-20(22)21-13-15-9-10-18-19(12-15)26-14-25-18/h3-4,6-7,9-10,12H,2,5,8,11,13-14H2,1H3,(H,21,22). The van der Waals surface area contributed by atoms with Crippen molar-refractivity contribution in [1.29, 1.82) is 0 Å². The lowest BCUT2D eigenvalue weighted by Crippen LogP contribution is -2.23. The Bertz CT molecular complexity index is 747. The molecule has 0 radical (unpaired) electrons. The number of hydrogen-bond acceptors (Lipinski definition) is 5. The summed E-state index contributed by atoms with van der Waals surface area (Å²) in [7, 11) is 0. The van der Waals surface area contributed by atoms with Gasteiger partial charge in [0.15, 0.2) is 23.0 Å². The van der Waals surface area contributed by atoms with E-state index in [0.29, 0.717) is 38.3 Å². The van der Waals surface area contributed by atoms with Crippen molar-refractivity contribution in [2.24, 2.45) is 0 Å². The van der Waals surface area contributed by atoms with Gasteiger partial charge in [-0.1, -0.05) is 18.2 Å². The van der Waals surface area contributed by atoms with Gasteiger partial charge in [0.2, 0.25) is 12.7 Å². The average molecular weight is 357 g/mol. The van der Waals surface area contributed by atoms with E-state index in [1.54, 1.807) is 0 Å². The van der Waals surface area contributed by atoms with Gasteiger partial charge < -0.3 is 24.3 Å². The minimum Gasteiger partial charge on any atom is -0.490 e. The second-order valence-electron chi connectivity index (χ2n) is 5.80. The van der Waals surface area contributed by atoms with E-state index in [1.807, 2.05) is 49.4 Å². The molecule has 1 amide bonds. The van der Waals surface area contributed by atoms with Gasteiger partial charge in [0, 0.05) is 13.0 Å². The van der Waals surface area contributed by atoms with Crippen LogP contribution in [0.3, 0.4) is 0 Å². The molecule has 1 heterocycles. The van der Waals surface area contributed by atoms with E-state index < -0.39 is 0 Å². The second kappa shape index (κ2) is 8.99. The van der Waals surface area contributed by atoms with Crippen LogP contribution >= 0.6 is 0 Å². The number of para-hydroxylation sites is 2. The lowest BCUT2D eigenvalue weighted by molar-refractivity contribution is -0.121. The Morgan fingerprint density at radius 3 is 2.65 bits per heavy atom. The fraction of sp³-hybridized carbons (Fsp3) is 0.350. The molecule has 6 nitrogen and oxygen atoms in total. The molecule has 0 aromatic heterocycles. The monoisotopic (exact) mass is 357 g/mol. The predicted octanol–water partition coefficient (Wildman–Crippen LogP) is 3.29. The highest BCUT2D eigenvalue weighted by atomic mass is 16.7. The number of carbonyl (C=O) groups is 1. The Hall–Kier alpha value is -2.89. The van der Waals surface area contributed by atoms with Gasteiger partial charge in [-0.05, 0) is 43.2 Å². The summed E-state index contributed by atoms with van der Waals surface area (Å²) < 4.78 is 21.8. The van der Waals surface area contributed by atoms with E-state index in [9.17, 15) is 4.79 Å². The van der Waals surface area contributed by atoms with E-state index in [1.165, 1.54) is 0 Å². The van der Waals surface area contributed by atoms with Crippen molar-refractivity contribution >= 4 is 5.91 Å². The highest BCUT2D eigenvalue weighted by molar-refractivity contribution is 5.75. The molecular formula is C20H23NO5. The molecule has 0 aliphatic carbocycles. The third-order valence-electron chi connectivity index (χ3n) is 3.88. The maximum Gasteiger partial charge on any atom is 0.231 e. The van der Waals surface area contributed by atoms with Crippen molar-refractivity contribution in [3.8, 4) is 23.0 Å². The largest absolute Gasteiger partial charge is 0.490 e. The first-order valence-electron chi connectivity index (χ1n) is 8.76. The van der Waals surface area contributed by atoms with Gasteiger partial charge in [-0.25, -0.2) is 0 Å². The number of carbonyl (C=O) groups excluding carboxylic acids is 1. The Labute approximate surface area is 153 Å². The molecule has 26 heavy (non-hydrogen) atoms. The zero-order valence-corrected chi connectivity index (χ0v) is 14.8. The molecule has 2 aromatic rings.